The van der Waals surface area contributed by atoms with E-state index in [9.17, 15) is 23.1 Å². The van der Waals surface area contributed by atoms with Crippen molar-refractivity contribution in [3.05, 3.63) is 88.7 Å². The second kappa shape index (κ2) is 7.38. The van der Waals surface area contributed by atoms with Gasteiger partial charge in [-0.2, -0.15) is 5.10 Å². The van der Waals surface area contributed by atoms with Gasteiger partial charge in [0.15, 0.2) is 0 Å². The fraction of sp³-hybridized carbons (Fsp3) is 0.200. The van der Waals surface area contributed by atoms with Crippen LogP contribution in [-0.4, -0.2) is 29.4 Å². The molecule has 0 saturated heterocycles. The van der Waals surface area contributed by atoms with Crippen LogP contribution in [0.1, 0.15) is 18.5 Å². The zero-order valence-corrected chi connectivity index (χ0v) is 15.7. The van der Waals surface area contributed by atoms with Crippen LogP contribution in [0.5, 0.6) is 0 Å². The van der Waals surface area contributed by atoms with Crippen LogP contribution in [0, 0.1) is 17.5 Å². The normalized spacial score (nSPS) is 14.6. The number of aromatic nitrogens is 5. The van der Waals surface area contributed by atoms with Crippen molar-refractivity contribution in [2.45, 2.75) is 25.1 Å². The zero-order chi connectivity index (χ0) is 21.5. The van der Waals surface area contributed by atoms with Crippen LogP contribution in [0.2, 0.25) is 0 Å². The maximum absolute atomic E-state index is 14.7. The highest BCUT2D eigenvalue weighted by molar-refractivity contribution is 5.77. The lowest BCUT2D eigenvalue weighted by atomic mass is 9.86. The SMILES string of the molecule is C[C@@H](n1cnc2cc(F)ccc2c1=O)[C@](O)(Cn1cncn1)c1ccc(F)cc1F. The number of fused-ring (bicyclic) bond motifs is 1. The lowest BCUT2D eigenvalue weighted by Crippen LogP contribution is -2.43. The van der Waals surface area contributed by atoms with Crippen molar-refractivity contribution >= 4 is 10.9 Å². The summed E-state index contributed by atoms with van der Waals surface area (Å²) in [5.41, 5.74) is -2.65. The Morgan fingerprint density at radius 3 is 2.53 bits per heavy atom. The number of aliphatic hydroxyl groups is 1. The predicted molar refractivity (Wildman–Crippen MR) is 101 cm³/mol. The van der Waals surface area contributed by atoms with Gasteiger partial charge in [-0.15, -0.1) is 0 Å². The molecule has 4 aromatic rings. The molecule has 154 valence electrons. The van der Waals surface area contributed by atoms with Crippen molar-refractivity contribution < 1.29 is 18.3 Å². The summed E-state index contributed by atoms with van der Waals surface area (Å²) in [6, 6.07) is 5.26. The quantitative estimate of drug-likeness (QED) is 0.542. The van der Waals surface area contributed by atoms with E-state index in [1.807, 2.05) is 0 Å². The molecule has 0 fully saturated rings. The zero-order valence-electron chi connectivity index (χ0n) is 15.7. The lowest BCUT2D eigenvalue weighted by molar-refractivity contribution is -0.0343. The summed E-state index contributed by atoms with van der Waals surface area (Å²) in [5, 5.41) is 15.7. The maximum atomic E-state index is 14.7. The first-order valence-corrected chi connectivity index (χ1v) is 8.96. The molecular formula is C20H16F3N5O2. The molecule has 10 heteroatoms. The largest absolute Gasteiger partial charge is 0.381 e. The monoisotopic (exact) mass is 415 g/mol. The molecular weight excluding hydrogens is 399 g/mol. The van der Waals surface area contributed by atoms with E-state index >= 15 is 0 Å². The maximum Gasteiger partial charge on any atom is 0.261 e. The van der Waals surface area contributed by atoms with Gasteiger partial charge >= 0.3 is 0 Å². The van der Waals surface area contributed by atoms with Crippen molar-refractivity contribution in [3.8, 4) is 0 Å². The average Bonchev–Trinajstić information content (AvgIpc) is 3.20. The highest BCUT2D eigenvalue weighted by atomic mass is 19.1. The topological polar surface area (TPSA) is 85.8 Å². The third-order valence-corrected chi connectivity index (χ3v) is 5.12. The number of hydrogen-bond donors (Lipinski definition) is 1. The molecule has 0 aliphatic heterocycles. The molecule has 30 heavy (non-hydrogen) atoms. The molecule has 0 saturated carbocycles. The van der Waals surface area contributed by atoms with Crippen LogP contribution in [0.3, 0.4) is 0 Å². The molecule has 0 aliphatic carbocycles. The van der Waals surface area contributed by atoms with E-state index in [-0.39, 0.29) is 23.0 Å². The number of hydrogen-bond acceptors (Lipinski definition) is 5. The van der Waals surface area contributed by atoms with Crippen LogP contribution < -0.4 is 5.56 Å². The Bertz CT molecular complexity index is 1280. The first kappa shape index (κ1) is 19.8. The van der Waals surface area contributed by atoms with Crippen LogP contribution in [-0.2, 0) is 12.1 Å². The molecule has 1 N–H and O–H groups in total. The van der Waals surface area contributed by atoms with E-state index in [0.29, 0.717) is 6.07 Å². The first-order chi connectivity index (χ1) is 14.3. The molecule has 4 rings (SSSR count). The van der Waals surface area contributed by atoms with Gasteiger partial charge in [-0.25, -0.2) is 27.8 Å². The highest BCUT2D eigenvalue weighted by Crippen LogP contribution is 2.36. The molecule has 2 aromatic carbocycles. The number of halogens is 3. The van der Waals surface area contributed by atoms with Crippen molar-refractivity contribution in [2.75, 3.05) is 0 Å². The van der Waals surface area contributed by atoms with Gasteiger partial charge < -0.3 is 5.11 Å². The molecule has 0 unspecified atom stereocenters. The van der Waals surface area contributed by atoms with Gasteiger partial charge in [-0.1, -0.05) is 6.07 Å². The fourth-order valence-electron chi connectivity index (χ4n) is 3.46. The Labute approximate surface area is 168 Å². The van der Waals surface area contributed by atoms with Crippen molar-refractivity contribution in [1.29, 1.82) is 0 Å². The molecule has 0 amide bonds. The van der Waals surface area contributed by atoms with Crippen molar-refractivity contribution in [1.82, 2.24) is 24.3 Å². The fourth-order valence-corrected chi connectivity index (χ4v) is 3.46. The minimum Gasteiger partial charge on any atom is -0.381 e. The summed E-state index contributed by atoms with van der Waals surface area (Å²) in [4.78, 5) is 20.9. The van der Waals surface area contributed by atoms with Gasteiger partial charge in [0.2, 0.25) is 0 Å². The Kier molecular flexibility index (Phi) is 4.86. The number of rotatable bonds is 5. The average molecular weight is 415 g/mol. The molecule has 0 spiro atoms. The molecule has 2 aromatic heterocycles. The Morgan fingerprint density at radius 1 is 1.10 bits per heavy atom. The van der Waals surface area contributed by atoms with Gasteiger partial charge in [0.25, 0.3) is 5.56 Å². The van der Waals surface area contributed by atoms with Crippen LogP contribution in [0.15, 0.2) is 60.2 Å². The Morgan fingerprint density at radius 2 is 1.83 bits per heavy atom. The van der Waals surface area contributed by atoms with Gasteiger partial charge in [0.1, 0.15) is 35.7 Å². The standard InChI is InChI=1S/C20H16F3N5O2/c1-12(28-11-25-18-7-14(22)2-4-15(18)19(28)29)20(30,8-27-10-24-9-26-27)16-5-3-13(21)6-17(16)23/h2-7,9-12,30H,8H2,1H3/t12-,20-/m1/s1. The van der Waals surface area contributed by atoms with Gasteiger partial charge in [0, 0.05) is 17.7 Å². The first-order valence-electron chi connectivity index (χ1n) is 8.96. The molecule has 0 radical (unpaired) electrons. The predicted octanol–water partition coefficient (Wildman–Crippen LogP) is 2.55. The molecule has 2 heterocycles. The van der Waals surface area contributed by atoms with E-state index in [4.69, 9.17) is 0 Å². The van der Waals surface area contributed by atoms with E-state index < -0.39 is 34.7 Å². The second-order valence-corrected chi connectivity index (χ2v) is 6.94. The van der Waals surface area contributed by atoms with Crippen LogP contribution in [0.4, 0.5) is 13.2 Å². The van der Waals surface area contributed by atoms with Gasteiger partial charge in [-0.3, -0.25) is 9.36 Å². The minimum absolute atomic E-state index is 0.133. The molecule has 7 nitrogen and oxygen atoms in total. The minimum atomic E-state index is -2.02. The molecule has 2 atom stereocenters. The van der Waals surface area contributed by atoms with E-state index in [0.717, 1.165) is 35.2 Å². The van der Waals surface area contributed by atoms with Crippen LogP contribution in [0.25, 0.3) is 10.9 Å². The second-order valence-electron chi connectivity index (χ2n) is 6.94. The number of nitrogens with zero attached hydrogens (tertiary/aromatic N) is 5. The van der Waals surface area contributed by atoms with Gasteiger partial charge in [-0.05, 0) is 25.1 Å². The Balaban J connectivity index is 1.88. The van der Waals surface area contributed by atoms with E-state index in [1.165, 1.54) is 30.3 Å². The smallest absolute Gasteiger partial charge is 0.261 e. The third-order valence-electron chi connectivity index (χ3n) is 5.12. The van der Waals surface area contributed by atoms with Gasteiger partial charge in [0.05, 0.1) is 29.8 Å². The van der Waals surface area contributed by atoms with E-state index in [2.05, 4.69) is 15.1 Å². The molecule has 0 aliphatic rings. The summed E-state index contributed by atoms with van der Waals surface area (Å²) < 4.78 is 44.0. The Hall–Kier alpha value is -3.53. The van der Waals surface area contributed by atoms with E-state index in [1.54, 1.807) is 0 Å². The summed E-state index contributed by atoms with van der Waals surface area (Å²) >= 11 is 0. The summed E-state index contributed by atoms with van der Waals surface area (Å²) in [6.45, 7) is 1.22. The number of benzene rings is 2. The van der Waals surface area contributed by atoms with Crippen molar-refractivity contribution in [3.63, 3.8) is 0 Å². The van der Waals surface area contributed by atoms with Crippen molar-refractivity contribution in [2.24, 2.45) is 0 Å². The summed E-state index contributed by atoms with van der Waals surface area (Å²) in [6.07, 6.45) is 3.72. The lowest BCUT2D eigenvalue weighted by Gasteiger charge is -2.35. The van der Waals surface area contributed by atoms with Crippen LogP contribution >= 0.6 is 0 Å². The molecule has 0 bridgehead atoms. The summed E-state index contributed by atoms with van der Waals surface area (Å²) in [5.74, 6) is -2.33. The highest BCUT2D eigenvalue weighted by Gasteiger charge is 2.41. The summed E-state index contributed by atoms with van der Waals surface area (Å²) in [7, 11) is 0. The third kappa shape index (κ3) is 3.35.